The van der Waals surface area contributed by atoms with Crippen LogP contribution in [0.4, 0.5) is 0 Å². The molecule has 10 aliphatic heterocycles. The Balaban J connectivity index is 1.80. The molecular formula is C14H16Fe. The molecule has 0 aromatic heterocycles. The third-order valence-corrected chi connectivity index (χ3v) is 58.7. The number of rotatable bonds is 2. The quantitative estimate of drug-likeness (QED) is 0.490. The maximum absolute atomic E-state index is 4.17. The van der Waals surface area contributed by atoms with Crippen LogP contribution in [0.2, 0.25) is 47.7 Å². The topological polar surface area (TPSA) is 0 Å². The molecule has 10 saturated heterocycles. The number of hydrogen-bond acceptors (Lipinski definition) is 0. The summed E-state index contributed by atoms with van der Waals surface area (Å²) in [5.74, 6) is 0.950. The van der Waals surface area contributed by atoms with Crippen LogP contribution < -0.4 is 0 Å². The van der Waals surface area contributed by atoms with Crippen LogP contribution in [-0.4, -0.2) is 0 Å². The predicted octanol–water partition coefficient (Wildman–Crippen LogP) is 4.57. The van der Waals surface area contributed by atoms with Gasteiger partial charge in [0.15, 0.2) is 0 Å². The van der Waals surface area contributed by atoms with Gasteiger partial charge in [-0.15, -0.1) is 0 Å². The van der Waals surface area contributed by atoms with E-state index in [2.05, 4.69) is 19.6 Å². The van der Waals surface area contributed by atoms with Crippen LogP contribution in [0.5, 0.6) is 0 Å². The van der Waals surface area contributed by atoms with E-state index in [9.17, 15) is 0 Å². The fourth-order valence-corrected chi connectivity index (χ4v) is 93.7. The summed E-state index contributed by atoms with van der Waals surface area (Å²) < 4.78 is 1.08. The van der Waals surface area contributed by atoms with Crippen molar-refractivity contribution in [3.8, 4) is 0 Å². The molecule has 1 spiro atoms. The van der Waals surface area contributed by atoms with Crippen LogP contribution in [0.3, 0.4) is 0 Å². The zero-order valence-electron chi connectivity index (χ0n) is 8.91. The van der Waals surface area contributed by atoms with Gasteiger partial charge in [-0.05, 0) is 0 Å². The minimum absolute atomic E-state index is 0.950. The van der Waals surface area contributed by atoms with Crippen molar-refractivity contribution in [3.63, 3.8) is 0 Å². The second-order valence-electron chi connectivity index (χ2n) is 10.8. The van der Waals surface area contributed by atoms with Crippen molar-refractivity contribution in [2.24, 2.45) is 5.92 Å². The van der Waals surface area contributed by atoms with E-state index in [1.165, 1.54) is 43.3 Å². The summed E-state index contributed by atoms with van der Waals surface area (Å²) in [7, 11) is 0. The molecule has 0 radical (unpaired) electrons. The van der Waals surface area contributed by atoms with Gasteiger partial charge in [-0.25, -0.2) is 0 Å². The zero-order valence-corrected chi connectivity index (χ0v) is 10.0. The molecule has 0 aromatic rings. The fourth-order valence-electron chi connectivity index (χ4n) is 17.8. The molecule has 0 aliphatic carbocycles. The predicted molar refractivity (Wildman–Crippen MR) is 55.8 cm³/mol. The van der Waals surface area contributed by atoms with E-state index in [-0.39, 0.29) is 0 Å². The van der Waals surface area contributed by atoms with E-state index >= 15 is 0 Å². The summed E-state index contributed by atoms with van der Waals surface area (Å²) in [6.45, 7) is 4.04. The van der Waals surface area contributed by atoms with Crippen LogP contribution in [0.15, 0.2) is 12.7 Å². The Hall–Kier alpha value is 0.259. The maximum atomic E-state index is 4.17. The standard InChI is InChI=1S/C9H11.C5H5.Fe/c1-3-8(2)9-6-4-5-7-9;1-2-4-5-3-1;/h3-8H,1H2,2H3;1-5H;. The van der Waals surface area contributed by atoms with E-state index in [4.69, 9.17) is 0 Å². The number of hydrogen-bond donors (Lipinski definition) is 0. The van der Waals surface area contributed by atoms with Gasteiger partial charge in [0.05, 0.1) is 0 Å². The first-order chi connectivity index (χ1) is 7.03. The van der Waals surface area contributed by atoms with E-state index < -0.39 is 6.51 Å². The second kappa shape index (κ2) is 0.370. The average molecular weight is 240 g/mol. The van der Waals surface area contributed by atoms with Crippen LogP contribution in [0.25, 0.3) is 0 Å². The van der Waals surface area contributed by atoms with Crippen molar-refractivity contribution in [2.45, 2.75) is 54.6 Å². The molecule has 0 bridgehead atoms. The molecule has 0 saturated carbocycles. The Kier molecular flexibility index (Phi) is 0.130. The van der Waals surface area contributed by atoms with E-state index in [1.807, 2.05) is 0 Å². The molecule has 0 N–H and O–H groups in total. The zero-order chi connectivity index (χ0) is 9.30. The molecule has 10 rings (SSSR count). The van der Waals surface area contributed by atoms with E-state index in [1.54, 1.807) is 0 Å². The first-order valence-electron chi connectivity index (χ1n) is 6.87. The Morgan fingerprint density at radius 1 is 1.00 bits per heavy atom. The van der Waals surface area contributed by atoms with Gasteiger partial charge in [-0.1, -0.05) is 0 Å². The molecule has 10 aliphatic rings. The Morgan fingerprint density at radius 2 is 1.47 bits per heavy atom. The molecule has 0 nitrogen and oxygen atoms in total. The van der Waals surface area contributed by atoms with Crippen molar-refractivity contribution in [2.75, 3.05) is 0 Å². The average Bonchev–Trinajstić information content (AvgIpc) is 3.18. The van der Waals surface area contributed by atoms with Gasteiger partial charge in [0, 0.05) is 0 Å². The van der Waals surface area contributed by atoms with Gasteiger partial charge >= 0.3 is 79.7 Å². The summed E-state index contributed by atoms with van der Waals surface area (Å²) in [6, 6.07) is 0. The monoisotopic (exact) mass is 240 g/mol. The molecule has 80 valence electrons. The van der Waals surface area contributed by atoms with Gasteiger partial charge in [0.2, 0.25) is 0 Å². The second-order valence-corrected chi connectivity index (χ2v) is 34.4. The van der Waals surface area contributed by atoms with Crippen molar-refractivity contribution < 1.29 is 6.51 Å². The van der Waals surface area contributed by atoms with Gasteiger partial charge in [-0.3, -0.25) is 0 Å². The van der Waals surface area contributed by atoms with Crippen molar-refractivity contribution >= 4 is 0 Å². The summed E-state index contributed by atoms with van der Waals surface area (Å²) in [5.41, 5.74) is 0. The molecule has 0 amide bonds. The fraction of sp³-hybridized carbons (Fsp3) is 0.857. The van der Waals surface area contributed by atoms with E-state index in [0.717, 1.165) is 10.2 Å². The van der Waals surface area contributed by atoms with Crippen molar-refractivity contribution in [1.82, 2.24) is 0 Å². The van der Waals surface area contributed by atoms with E-state index in [0.29, 0.717) is 0 Å². The third kappa shape index (κ3) is 0.0438. The first kappa shape index (κ1) is 5.27. The third-order valence-electron chi connectivity index (χ3n) is 15.8. The molecule has 1 heteroatoms. The summed E-state index contributed by atoms with van der Waals surface area (Å²) >= 11 is 0. The van der Waals surface area contributed by atoms with Crippen LogP contribution in [0.1, 0.15) is 6.92 Å². The molecule has 5 unspecified atom stereocenters. The Morgan fingerprint density at radius 3 is 1.67 bits per heavy atom. The van der Waals surface area contributed by atoms with Crippen molar-refractivity contribution in [1.29, 1.82) is 0 Å². The molecule has 10 fully saturated rings. The number of fused-ring (bicyclic) bond motifs is 10. The summed E-state index contributed by atoms with van der Waals surface area (Å²) in [5, 5.41) is 0. The Bertz CT molecular complexity index is 841. The molecule has 0 aromatic carbocycles. The van der Waals surface area contributed by atoms with Crippen LogP contribution >= 0.6 is 0 Å². The molecule has 15 heavy (non-hydrogen) atoms. The van der Waals surface area contributed by atoms with Crippen LogP contribution in [0, 0.1) is 5.92 Å². The molecule has 5 atom stereocenters. The SMILES string of the molecule is C=CC(C)[C]12[CH]3[CH]4[CH]5[CH]1[Fe]45321678[CH]2[CH]1[CH]6[CH]7[CH]28. The Labute approximate surface area is 79.8 Å². The van der Waals surface area contributed by atoms with Gasteiger partial charge in [-0.2, -0.15) is 0 Å². The molecule has 10 heterocycles. The first-order valence-corrected chi connectivity index (χ1v) is 13.2. The van der Waals surface area contributed by atoms with Gasteiger partial charge in [0.1, 0.15) is 0 Å². The van der Waals surface area contributed by atoms with Gasteiger partial charge < -0.3 is 0 Å². The number of allylic oxidation sites excluding steroid dienone is 1. The minimum atomic E-state index is -2.70. The summed E-state index contributed by atoms with van der Waals surface area (Å²) in [4.78, 5) is 13.4. The normalized spacial score (nSPS) is 135. The summed E-state index contributed by atoms with van der Waals surface area (Å²) in [6.07, 6.45) is 2.38. The van der Waals surface area contributed by atoms with Crippen molar-refractivity contribution in [3.05, 3.63) is 12.7 Å². The van der Waals surface area contributed by atoms with Crippen LogP contribution in [-0.2, 0) is 6.51 Å². The molecular weight excluding hydrogens is 224 g/mol. The van der Waals surface area contributed by atoms with Gasteiger partial charge in [0.25, 0.3) is 0 Å².